The van der Waals surface area contributed by atoms with Gasteiger partial charge in [0.1, 0.15) is 11.4 Å². The SMILES string of the molecule is CCn1nc(-c2ccc(C)cc2)cc(N=c2cccc3n(O)cccc2-3)c1=O.CCn1nc(-c2ccccc2)cc(Nc2csc3cnccc23)c1=O. The molecule has 0 saturated carbocycles. The molecular formula is C41H36N8O3S. The summed E-state index contributed by atoms with van der Waals surface area (Å²) in [6.45, 7) is 6.79. The Bertz CT molecular complexity index is 2700. The van der Waals surface area contributed by atoms with Gasteiger partial charge in [0, 0.05) is 59.1 Å². The van der Waals surface area contributed by atoms with Gasteiger partial charge in [0.15, 0.2) is 0 Å². The fourth-order valence-corrected chi connectivity index (χ4v) is 6.70. The Morgan fingerprint density at radius 2 is 1.49 bits per heavy atom. The fourth-order valence-electron chi connectivity index (χ4n) is 5.85. The van der Waals surface area contributed by atoms with Crippen LogP contribution in [0.25, 0.3) is 43.9 Å². The molecule has 0 bridgehead atoms. The smallest absolute Gasteiger partial charge is 0.292 e. The number of pyridine rings is 2. The molecule has 0 amide bonds. The second-order valence-electron chi connectivity index (χ2n) is 12.2. The van der Waals surface area contributed by atoms with Crippen molar-refractivity contribution in [1.29, 1.82) is 0 Å². The maximum absolute atomic E-state index is 12.8. The number of fused-ring (bicyclic) bond motifs is 2. The summed E-state index contributed by atoms with van der Waals surface area (Å²) in [6, 6.07) is 32.4. The van der Waals surface area contributed by atoms with Crippen LogP contribution in [-0.2, 0) is 13.1 Å². The van der Waals surface area contributed by atoms with E-state index in [1.165, 1.54) is 9.36 Å². The van der Waals surface area contributed by atoms with Crippen molar-refractivity contribution in [2.24, 2.45) is 4.99 Å². The lowest BCUT2D eigenvalue weighted by atomic mass is 10.1. The lowest BCUT2D eigenvalue weighted by Crippen LogP contribution is -2.24. The van der Waals surface area contributed by atoms with Crippen molar-refractivity contribution in [3.63, 3.8) is 0 Å². The number of aryl methyl sites for hydroxylation is 3. The van der Waals surface area contributed by atoms with Crippen LogP contribution >= 0.6 is 11.3 Å². The molecule has 0 atom stereocenters. The van der Waals surface area contributed by atoms with Gasteiger partial charge in [0.25, 0.3) is 11.1 Å². The summed E-state index contributed by atoms with van der Waals surface area (Å²) in [6.07, 6.45) is 5.14. The number of benzene rings is 3. The molecule has 264 valence electrons. The van der Waals surface area contributed by atoms with Crippen LogP contribution in [-0.4, -0.2) is 34.5 Å². The molecule has 2 aromatic carbocycles. The van der Waals surface area contributed by atoms with Crippen molar-refractivity contribution in [2.45, 2.75) is 33.9 Å². The zero-order valence-corrected chi connectivity index (χ0v) is 30.2. The summed E-state index contributed by atoms with van der Waals surface area (Å²) < 4.78 is 5.04. The second-order valence-corrected chi connectivity index (χ2v) is 13.1. The quantitative estimate of drug-likeness (QED) is 0.160. The van der Waals surface area contributed by atoms with E-state index in [-0.39, 0.29) is 11.1 Å². The van der Waals surface area contributed by atoms with Gasteiger partial charge >= 0.3 is 0 Å². The van der Waals surface area contributed by atoms with Crippen LogP contribution in [0.1, 0.15) is 19.4 Å². The molecule has 2 aliphatic rings. The Morgan fingerprint density at radius 3 is 2.25 bits per heavy atom. The topological polar surface area (TPSA) is 132 Å². The molecule has 2 N–H and O–H groups in total. The Hall–Kier alpha value is -6.66. The minimum Gasteiger partial charge on any atom is -0.428 e. The van der Waals surface area contributed by atoms with E-state index < -0.39 is 0 Å². The standard InChI is InChI=1S/C22H20N4O2.C19H16N4OS/c1-3-25-22(27)20(14-19(24-25)16-11-9-15(2)10-12-16)23-18-7-4-8-21-17(18)6-5-13-26(21)28;1-2-23-19(24)16(10-15(22-23)13-6-4-3-5-7-13)21-17-12-25-18-11-20-9-8-14(17)18/h4-14,28H,3H2,1-2H3;3-12,21H,2H2,1H3. The molecule has 0 saturated heterocycles. The lowest BCUT2D eigenvalue weighted by molar-refractivity contribution is 0.189. The van der Waals surface area contributed by atoms with E-state index in [2.05, 4.69) is 25.5 Å². The molecule has 53 heavy (non-hydrogen) atoms. The molecule has 11 nitrogen and oxygen atoms in total. The highest BCUT2D eigenvalue weighted by Gasteiger charge is 2.13. The zero-order valence-electron chi connectivity index (χ0n) is 29.3. The summed E-state index contributed by atoms with van der Waals surface area (Å²) in [5, 5.41) is 25.9. The average Bonchev–Trinajstić information content (AvgIpc) is 3.60. The highest BCUT2D eigenvalue weighted by atomic mass is 32.1. The van der Waals surface area contributed by atoms with Crippen molar-refractivity contribution in [1.82, 2.24) is 29.3 Å². The van der Waals surface area contributed by atoms with Crippen LogP contribution in [0.5, 0.6) is 0 Å². The monoisotopic (exact) mass is 720 g/mol. The van der Waals surface area contributed by atoms with Crippen LogP contribution in [0.15, 0.2) is 142 Å². The van der Waals surface area contributed by atoms with Crippen molar-refractivity contribution >= 4 is 38.5 Å². The number of nitrogens with zero attached hydrogens (tertiary/aromatic N) is 7. The van der Waals surface area contributed by atoms with E-state index in [0.29, 0.717) is 41.2 Å². The molecule has 1 aliphatic heterocycles. The third-order valence-electron chi connectivity index (χ3n) is 8.63. The largest absolute Gasteiger partial charge is 0.428 e. The molecule has 1 aliphatic carbocycles. The maximum Gasteiger partial charge on any atom is 0.292 e. The van der Waals surface area contributed by atoms with Crippen molar-refractivity contribution in [3.05, 3.63) is 159 Å². The minimum atomic E-state index is -0.247. The van der Waals surface area contributed by atoms with E-state index in [1.54, 1.807) is 48.0 Å². The average molecular weight is 721 g/mol. The molecule has 8 rings (SSSR count). The van der Waals surface area contributed by atoms with Gasteiger partial charge in [0.05, 0.1) is 32.8 Å². The summed E-state index contributed by atoms with van der Waals surface area (Å²) >= 11 is 1.60. The van der Waals surface area contributed by atoms with Gasteiger partial charge in [0.2, 0.25) is 0 Å². The van der Waals surface area contributed by atoms with E-state index in [4.69, 9.17) is 0 Å². The van der Waals surface area contributed by atoms with Gasteiger partial charge in [-0.15, -0.1) is 11.3 Å². The molecule has 0 unspecified atom stereocenters. The molecule has 6 aromatic rings. The zero-order chi connectivity index (χ0) is 36.9. The minimum absolute atomic E-state index is 0.129. The predicted octanol–water partition coefficient (Wildman–Crippen LogP) is 7.90. The Labute approximate surface area is 308 Å². The highest BCUT2D eigenvalue weighted by Crippen LogP contribution is 2.31. The first kappa shape index (κ1) is 34.8. The number of rotatable bonds is 7. The van der Waals surface area contributed by atoms with Crippen LogP contribution in [0.4, 0.5) is 17.1 Å². The van der Waals surface area contributed by atoms with E-state index in [9.17, 15) is 14.8 Å². The predicted molar refractivity (Wildman–Crippen MR) is 210 cm³/mol. The third kappa shape index (κ3) is 7.39. The number of hydrogen-bond donors (Lipinski definition) is 2. The summed E-state index contributed by atoms with van der Waals surface area (Å²) in [4.78, 5) is 34.2. The first-order valence-electron chi connectivity index (χ1n) is 17.1. The molecule has 4 aromatic heterocycles. The Balaban J connectivity index is 0.000000165. The molecule has 0 spiro atoms. The van der Waals surface area contributed by atoms with Crippen molar-refractivity contribution < 1.29 is 5.21 Å². The molecule has 12 heteroatoms. The molecule has 0 fully saturated rings. The van der Waals surface area contributed by atoms with Crippen molar-refractivity contribution in [2.75, 3.05) is 5.32 Å². The fraction of sp³-hybridized carbons (Fsp3) is 0.122. The highest BCUT2D eigenvalue weighted by molar-refractivity contribution is 7.17. The van der Waals surface area contributed by atoms with Gasteiger partial charge in [-0.05, 0) is 63.2 Å². The molecular weight excluding hydrogens is 685 g/mol. The first-order chi connectivity index (χ1) is 25.8. The number of aromatic nitrogens is 6. The molecule has 5 heterocycles. The number of nitrogens with one attached hydrogen (secondary N) is 1. The van der Waals surface area contributed by atoms with Gasteiger partial charge in [-0.2, -0.15) is 14.9 Å². The van der Waals surface area contributed by atoms with Crippen LogP contribution < -0.4 is 21.8 Å². The van der Waals surface area contributed by atoms with E-state index >= 15 is 0 Å². The summed E-state index contributed by atoms with van der Waals surface area (Å²) in [7, 11) is 0. The Morgan fingerprint density at radius 1 is 0.774 bits per heavy atom. The number of thiophene rings is 1. The lowest BCUT2D eigenvalue weighted by Gasteiger charge is -2.11. The van der Waals surface area contributed by atoms with Crippen LogP contribution in [0.2, 0.25) is 0 Å². The van der Waals surface area contributed by atoms with Gasteiger partial charge in [-0.25, -0.2) is 14.4 Å². The van der Waals surface area contributed by atoms with Gasteiger partial charge in [-0.1, -0.05) is 66.2 Å². The van der Waals surface area contributed by atoms with Crippen LogP contribution in [0.3, 0.4) is 0 Å². The van der Waals surface area contributed by atoms with Crippen LogP contribution in [0, 0.1) is 6.92 Å². The van der Waals surface area contributed by atoms with Gasteiger partial charge in [-0.3, -0.25) is 14.6 Å². The summed E-state index contributed by atoms with van der Waals surface area (Å²) in [5.41, 5.74) is 7.26. The van der Waals surface area contributed by atoms with Gasteiger partial charge < -0.3 is 10.5 Å². The maximum atomic E-state index is 12.8. The number of hydrogen-bond acceptors (Lipinski definition) is 9. The normalized spacial score (nSPS) is 11.4. The molecule has 0 radical (unpaired) electrons. The summed E-state index contributed by atoms with van der Waals surface area (Å²) in [5.74, 6) is 0. The number of anilines is 2. The first-order valence-corrected chi connectivity index (χ1v) is 18.0. The third-order valence-corrected chi connectivity index (χ3v) is 9.56. The van der Waals surface area contributed by atoms with Crippen molar-refractivity contribution in [3.8, 4) is 33.8 Å². The second kappa shape index (κ2) is 15.3. The Kier molecular flexibility index (Phi) is 10.0. The van der Waals surface area contributed by atoms with E-state index in [0.717, 1.165) is 48.5 Å². The van der Waals surface area contributed by atoms with E-state index in [1.807, 2.05) is 111 Å².